The largest absolute Gasteiger partial charge is 0.497 e. The summed E-state index contributed by atoms with van der Waals surface area (Å²) >= 11 is 0. The van der Waals surface area contributed by atoms with Crippen LogP contribution in [0.1, 0.15) is 13.3 Å². The van der Waals surface area contributed by atoms with E-state index >= 15 is 0 Å². The first-order chi connectivity index (χ1) is 11.0. The average molecular weight is 319 g/mol. The highest BCUT2D eigenvalue weighted by molar-refractivity contribution is 6.00. The van der Waals surface area contributed by atoms with Crippen molar-refractivity contribution in [1.29, 1.82) is 0 Å². The van der Waals surface area contributed by atoms with Crippen LogP contribution in [0.25, 0.3) is 0 Å². The number of carbonyl (C=O) groups excluding carboxylic acids is 3. The van der Waals surface area contributed by atoms with Gasteiger partial charge < -0.3 is 20.3 Å². The fraction of sp³-hybridized carbons (Fsp3) is 0.438. The van der Waals surface area contributed by atoms with Crippen molar-refractivity contribution in [2.45, 2.75) is 13.3 Å². The molecule has 1 aliphatic heterocycles. The normalized spacial score (nSPS) is 17.0. The molecule has 23 heavy (non-hydrogen) atoms. The van der Waals surface area contributed by atoms with Crippen molar-refractivity contribution in [2.24, 2.45) is 5.92 Å². The molecule has 0 bridgehead atoms. The number of methoxy groups -OCH3 is 1. The third-order valence-corrected chi connectivity index (χ3v) is 3.68. The van der Waals surface area contributed by atoms with E-state index in [0.29, 0.717) is 25.4 Å². The van der Waals surface area contributed by atoms with Gasteiger partial charge in [-0.25, -0.2) is 0 Å². The van der Waals surface area contributed by atoms with Crippen molar-refractivity contribution in [3.63, 3.8) is 0 Å². The molecule has 3 amide bonds. The van der Waals surface area contributed by atoms with E-state index in [0.717, 1.165) is 5.69 Å². The fourth-order valence-electron chi connectivity index (χ4n) is 2.46. The van der Waals surface area contributed by atoms with E-state index in [-0.39, 0.29) is 30.1 Å². The molecule has 124 valence electrons. The van der Waals surface area contributed by atoms with E-state index in [1.54, 1.807) is 36.3 Å². The Kier molecular flexibility index (Phi) is 5.56. The summed E-state index contributed by atoms with van der Waals surface area (Å²) in [4.78, 5) is 36.6. The van der Waals surface area contributed by atoms with Gasteiger partial charge in [-0.3, -0.25) is 14.4 Å². The molecule has 1 fully saturated rings. The number of amides is 3. The van der Waals surface area contributed by atoms with Crippen LogP contribution in [0.3, 0.4) is 0 Å². The van der Waals surface area contributed by atoms with Gasteiger partial charge in [0.25, 0.3) is 0 Å². The van der Waals surface area contributed by atoms with E-state index < -0.39 is 0 Å². The maximum Gasteiger partial charge on any atom is 0.227 e. The SMILES string of the molecule is COc1ccc(N2CC(C(=O)NCCNC(C)=O)CC2=O)cc1. The lowest BCUT2D eigenvalue weighted by atomic mass is 10.1. The highest BCUT2D eigenvalue weighted by Crippen LogP contribution is 2.26. The van der Waals surface area contributed by atoms with Crippen molar-refractivity contribution >= 4 is 23.4 Å². The van der Waals surface area contributed by atoms with Crippen molar-refractivity contribution in [1.82, 2.24) is 10.6 Å². The first kappa shape index (κ1) is 16.8. The monoisotopic (exact) mass is 319 g/mol. The van der Waals surface area contributed by atoms with Gasteiger partial charge in [0.1, 0.15) is 5.75 Å². The molecule has 1 unspecified atom stereocenters. The minimum Gasteiger partial charge on any atom is -0.497 e. The predicted octanol–water partition coefficient (Wildman–Crippen LogP) is 0.300. The quantitative estimate of drug-likeness (QED) is 0.738. The number of anilines is 1. The van der Waals surface area contributed by atoms with E-state index in [1.807, 2.05) is 0 Å². The lowest BCUT2D eigenvalue weighted by molar-refractivity contribution is -0.126. The van der Waals surface area contributed by atoms with Crippen LogP contribution in [-0.2, 0) is 14.4 Å². The average Bonchev–Trinajstić information content (AvgIpc) is 2.93. The third kappa shape index (κ3) is 4.45. The van der Waals surface area contributed by atoms with Crippen LogP contribution in [0.2, 0.25) is 0 Å². The van der Waals surface area contributed by atoms with Gasteiger partial charge in [-0.1, -0.05) is 0 Å². The Labute approximate surface area is 135 Å². The minimum atomic E-state index is -0.373. The number of hydrogen-bond donors (Lipinski definition) is 2. The van der Waals surface area contributed by atoms with Gasteiger partial charge >= 0.3 is 0 Å². The van der Waals surface area contributed by atoms with Gasteiger partial charge in [-0.15, -0.1) is 0 Å². The topological polar surface area (TPSA) is 87.7 Å². The van der Waals surface area contributed by atoms with Crippen LogP contribution in [0, 0.1) is 5.92 Å². The second-order valence-corrected chi connectivity index (χ2v) is 5.38. The molecule has 1 aromatic carbocycles. The van der Waals surface area contributed by atoms with E-state index in [2.05, 4.69) is 10.6 Å². The maximum atomic E-state index is 12.1. The molecule has 0 radical (unpaired) electrons. The second-order valence-electron chi connectivity index (χ2n) is 5.38. The van der Waals surface area contributed by atoms with E-state index in [4.69, 9.17) is 4.74 Å². The van der Waals surface area contributed by atoms with E-state index in [9.17, 15) is 14.4 Å². The fourth-order valence-corrected chi connectivity index (χ4v) is 2.46. The standard InChI is InChI=1S/C16H21N3O4/c1-11(20)17-7-8-18-16(22)12-9-15(21)19(10-12)13-3-5-14(23-2)6-4-13/h3-6,12H,7-10H2,1-2H3,(H,17,20)(H,18,22). The summed E-state index contributed by atoms with van der Waals surface area (Å²) in [5.41, 5.74) is 0.754. The molecule has 0 spiro atoms. The molecule has 1 aromatic rings. The first-order valence-electron chi connectivity index (χ1n) is 7.48. The zero-order valence-corrected chi connectivity index (χ0v) is 13.3. The Morgan fingerprint density at radius 3 is 2.48 bits per heavy atom. The molecule has 1 aliphatic rings. The molecule has 1 atom stereocenters. The third-order valence-electron chi connectivity index (χ3n) is 3.68. The summed E-state index contributed by atoms with van der Waals surface area (Å²) in [6.07, 6.45) is 0.192. The summed E-state index contributed by atoms with van der Waals surface area (Å²) in [5, 5.41) is 5.34. The number of rotatable bonds is 6. The van der Waals surface area contributed by atoms with E-state index in [1.165, 1.54) is 6.92 Å². The molecule has 7 nitrogen and oxygen atoms in total. The summed E-state index contributed by atoms with van der Waals surface area (Å²) in [7, 11) is 1.58. The van der Waals surface area contributed by atoms with Gasteiger partial charge in [-0.05, 0) is 24.3 Å². The Morgan fingerprint density at radius 2 is 1.87 bits per heavy atom. The predicted molar refractivity (Wildman–Crippen MR) is 85.1 cm³/mol. The van der Waals surface area contributed by atoms with Crippen molar-refractivity contribution < 1.29 is 19.1 Å². The van der Waals surface area contributed by atoms with Crippen molar-refractivity contribution in [3.8, 4) is 5.75 Å². The molecule has 0 aromatic heterocycles. The van der Waals surface area contributed by atoms with Gasteiger partial charge in [0.2, 0.25) is 17.7 Å². The van der Waals surface area contributed by atoms with Crippen LogP contribution in [0.15, 0.2) is 24.3 Å². The number of carbonyl (C=O) groups is 3. The highest BCUT2D eigenvalue weighted by atomic mass is 16.5. The molecule has 7 heteroatoms. The number of hydrogen-bond acceptors (Lipinski definition) is 4. The van der Waals surface area contributed by atoms with Gasteiger partial charge in [0.15, 0.2) is 0 Å². The maximum absolute atomic E-state index is 12.1. The van der Waals surface area contributed by atoms with Crippen LogP contribution in [-0.4, -0.2) is 44.5 Å². The summed E-state index contributed by atoms with van der Waals surface area (Å²) in [6, 6.07) is 7.16. The molecule has 0 saturated carbocycles. The number of ether oxygens (including phenoxy) is 1. The number of benzene rings is 1. The van der Waals surface area contributed by atoms with Gasteiger partial charge in [0, 0.05) is 38.7 Å². The van der Waals surface area contributed by atoms with Crippen molar-refractivity contribution in [2.75, 3.05) is 31.6 Å². The Balaban J connectivity index is 1.88. The molecule has 1 saturated heterocycles. The number of nitrogens with one attached hydrogen (secondary N) is 2. The summed E-state index contributed by atoms with van der Waals surface area (Å²) in [5.74, 6) is -0.0348. The molecule has 1 heterocycles. The summed E-state index contributed by atoms with van der Waals surface area (Å²) < 4.78 is 5.09. The van der Waals surface area contributed by atoms with Crippen molar-refractivity contribution in [3.05, 3.63) is 24.3 Å². The molecule has 2 N–H and O–H groups in total. The summed E-state index contributed by atoms with van der Waals surface area (Å²) in [6.45, 7) is 2.51. The van der Waals surface area contributed by atoms with Crippen LogP contribution in [0.4, 0.5) is 5.69 Å². The Bertz CT molecular complexity index is 585. The smallest absolute Gasteiger partial charge is 0.227 e. The molecular formula is C16H21N3O4. The lowest BCUT2D eigenvalue weighted by Gasteiger charge is -2.17. The van der Waals surface area contributed by atoms with Gasteiger partial charge in [-0.2, -0.15) is 0 Å². The molecule has 0 aliphatic carbocycles. The zero-order chi connectivity index (χ0) is 16.8. The molecular weight excluding hydrogens is 298 g/mol. The van der Waals surface area contributed by atoms with Crippen LogP contribution in [0.5, 0.6) is 5.75 Å². The van der Waals surface area contributed by atoms with Gasteiger partial charge in [0.05, 0.1) is 13.0 Å². The highest BCUT2D eigenvalue weighted by Gasteiger charge is 2.34. The van der Waals surface area contributed by atoms with Crippen LogP contribution < -0.4 is 20.3 Å². The lowest BCUT2D eigenvalue weighted by Crippen LogP contribution is -2.37. The van der Waals surface area contributed by atoms with Crippen LogP contribution >= 0.6 is 0 Å². The first-order valence-corrected chi connectivity index (χ1v) is 7.48. The zero-order valence-electron chi connectivity index (χ0n) is 13.3. The Morgan fingerprint density at radius 1 is 1.22 bits per heavy atom. The Hall–Kier alpha value is -2.57. The molecule has 2 rings (SSSR count). The minimum absolute atomic E-state index is 0.0721. The second kappa shape index (κ2) is 7.62. The number of nitrogens with zero attached hydrogens (tertiary/aromatic N) is 1.